The van der Waals surface area contributed by atoms with Crippen molar-refractivity contribution in [1.82, 2.24) is 9.80 Å². The Hall–Kier alpha value is -1.39. The molecule has 1 aromatic rings. The number of esters is 1. The fourth-order valence-electron chi connectivity index (χ4n) is 4.17. The lowest BCUT2D eigenvalue weighted by atomic mass is 9.74. The summed E-state index contributed by atoms with van der Waals surface area (Å²) < 4.78 is 6.14. The summed E-state index contributed by atoms with van der Waals surface area (Å²) in [5.74, 6) is 0.151. The van der Waals surface area contributed by atoms with E-state index in [-0.39, 0.29) is 11.9 Å². The minimum absolute atomic E-state index is 0.107. The first-order chi connectivity index (χ1) is 12.5. The molecule has 1 aliphatic rings. The summed E-state index contributed by atoms with van der Waals surface area (Å²) in [5, 5.41) is 0. The lowest BCUT2D eigenvalue weighted by Gasteiger charge is -2.49. The highest BCUT2D eigenvalue weighted by Gasteiger charge is 2.47. The highest BCUT2D eigenvalue weighted by Crippen LogP contribution is 2.43. The van der Waals surface area contributed by atoms with E-state index < -0.39 is 5.60 Å². The Labute approximate surface area is 159 Å². The van der Waals surface area contributed by atoms with Gasteiger partial charge < -0.3 is 9.64 Å². The van der Waals surface area contributed by atoms with Gasteiger partial charge in [0, 0.05) is 44.4 Å². The van der Waals surface area contributed by atoms with Gasteiger partial charge in [-0.1, -0.05) is 58.0 Å². The SMILES string of the molecule is CCC(=O)OC1(c2ccccc2)CC(C)N(CCN(CC)CC)CC1C. The molecule has 0 aromatic heterocycles. The molecule has 1 heterocycles. The summed E-state index contributed by atoms with van der Waals surface area (Å²) >= 11 is 0. The molecule has 1 fully saturated rings. The van der Waals surface area contributed by atoms with Crippen LogP contribution in [0.15, 0.2) is 30.3 Å². The molecule has 26 heavy (non-hydrogen) atoms. The summed E-state index contributed by atoms with van der Waals surface area (Å²) in [6.07, 6.45) is 1.27. The average Bonchev–Trinajstić information content (AvgIpc) is 2.66. The fraction of sp³-hybridized carbons (Fsp3) is 0.682. The van der Waals surface area contributed by atoms with Crippen molar-refractivity contribution in [2.45, 2.75) is 59.1 Å². The van der Waals surface area contributed by atoms with Crippen molar-refractivity contribution >= 4 is 5.97 Å². The van der Waals surface area contributed by atoms with E-state index in [4.69, 9.17) is 4.74 Å². The monoisotopic (exact) mass is 360 g/mol. The first kappa shape index (κ1) is 20.9. The molecule has 0 aliphatic carbocycles. The highest BCUT2D eigenvalue weighted by molar-refractivity contribution is 5.69. The van der Waals surface area contributed by atoms with Gasteiger partial charge in [-0.3, -0.25) is 9.69 Å². The molecular weight excluding hydrogens is 324 g/mol. The number of rotatable bonds is 8. The first-order valence-electron chi connectivity index (χ1n) is 10.2. The van der Waals surface area contributed by atoms with Gasteiger partial charge in [-0.05, 0) is 25.6 Å². The Balaban J connectivity index is 2.20. The van der Waals surface area contributed by atoms with E-state index in [1.807, 2.05) is 25.1 Å². The average molecular weight is 361 g/mol. The number of hydrogen-bond acceptors (Lipinski definition) is 4. The topological polar surface area (TPSA) is 32.8 Å². The van der Waals surface area contributed by atoms with Crippen LogP contribution in [0, 0.1) is 5.92 Å². The van der Waals surface area contributed by atoms with Crippen molar-refractivity contribution < 1.29 is 9.53 Å². The van der Waals surface area contributed by atoms with Crippen LogP contribution in [0.5, 0.6) is 0 Å². The third-order valence-electron chi connectivity index (χ3n) is 5.97. The van der Waals surface area contributed by atoms with Crippen molar-refractivity contribution in [3.05, 3.63) is 35.9 Å². The van der Waals surface area contributed by atoms with E-state index >= 15 is 0 Å². The molecule has 0 bridgehead atoms. The second-order valence-electron chi connectivity index (χ2n) is 7.56. The number of likely N-dealkylation sites (N-methyl/N-ethyl adjacent to an activating group) is 1. The molecule has 3 unspecified atom stereocenters. The molecule has 4 heteroatoms. The van der Waals surface area contributed by atoms with Crippen molar-refractivity contribution in [3.63, 3.8) is 0 Å². The number of likely N-dealkylation sites (tertiary alicyclic amines) is 1. The van der Waals surface area contributed by atoms with Crippen molar-refractivity contribution in [1.29, 1.82) is 0 Å². The normalized spacial score (nSPS) is 26.8. The number of piperidine rings is 1. The van der Waals surface area contributed by atoms with Crippen molar-refractivity contribution in [3.8, 4) is 0 Å². The number of benzene rings is 1. The molecule has 0 saturated carbocycles. The molecule has 4 nitrogen and oxygen atoms in total. The van der Waals surface area contributed by atoms with Gasteiger partial charge in [0.15, 0.2) is 0 Å². The molecule has 1 saturated heterocycles. The molecule has 146 valence electrons. The number of carbonyl (C=O) groups excluding carboxylic acids is 1. The van der Waals surface area contributed by atoms with Gasteiger partial charge in [-0.2, -0.15) is 0 Å². The lowest BCUT2D eigenvalue weighted by Crippen LogP contribution is -2.56. The second-order valence-corrected chi connectivity index (χ2v) is 7.56. The Morgan fingerprint density at radius 1 is 1.19 bits per heavy atom. The van der Waals surface area contributed by atoms with Crippen LogP contribution in [0.2, 0.25) is 0 Å². The van der Waals surface area contributed by atoms with Crippen LogP contribution >= 0.6 is 0 Å². The van der Waals surface area contributed by atoms with Gasteiger partial charge in [0.1, 0.15) is 5.60 Å². The molecule has 0 spiro atoms. The smallest absolute Gasteiger partial charge is 0.306 e. The molecule has 3 atom stereocenters. The van der Waals surface area contributed by atoms with Crippen molar-refractivity contribution in [2.24, 2.45) is 5.92 Å². The van der Waals surface area contributed by atoms with Gasteiger partial charge in [0.2, 0.25) is 0 Å². The predicted molar refractivity (Wildman–Crippen MR) is 107 cm³/mol. The van der Waals surface area contributed by atoms with Gasteiger partial charge in [0.25, 0.3) is 0 Å². The molecule has 0 radical (unpaired) electrons. The van der Waals surface area contributed by atoms with E-state index in [0.29, 0.717) is 12.5 Å². The number of carbonyl (C=O) groups is 1. The molecule has 2 rings (SSSR count). The van der Waals surface area contributed by atoms with Gasteiger partial charge >= 0.3 is 5.97 Å². The van der Waals surface area contributed by atoms with E-state index in [2.05, 4.69) is 49.6 Å². The summed E-state index contributed by atoms with van der Waals surface area (Å²) in [4.78, 5) is 17.3. The van der Waals surface area contributed by atoms with Crippen LogP contribution in [-0.4, -0.2) is 54.5 Å². The Morgan fingerprint density at radius 3 is 2.42 bits per heavy atom. The quantitative estimate of drug-likeness (QED) is 0.658. The maximum absolute atomic E-state index is 12.2. The van der Waals surface area contributed by atoms with Gasteiger partial charge in [-0.15, -0.1) is 0 Å². The Kier molecular flexibility index (Phi) is 7.66. The standard InChI is InChI=1S/C22H36N2O2/c1-6-21(25)26-22(20-12-10-9-11-13-20)16-19(5)24(17-18(22)4)15-14-23(7-2)8-3/h9-13,18-19H,6-8,14-17H2,1-5H3. The third kappa shape index (κ3) is 4.66. The van der Waals surface area contributed by atoms with Crippen LogP contribution in [-0.2, 0) is 15.1 Å². The van der Waals surface area contributed by atoms with Crippen LogP contribution in [0.25, 0.3) is 0 Å². The maximum atomic E-state index is 12.2. The lowest BCUT2D eigenvalue weighted by molar-refractivity contribution is -0.178. The van der Waals surface area contributed by atoms with Crippen LogP contribution in [0.1, 0.15) is 53.0 Å². The van der Waals surface area contributed by atoms with E-state index in [9.17, 15) is 4.79 Å². The molecule has 1 aliphatic heterocycles. The molecule has 1 aromatic carbocycles. The first-order valence-corrected chi connectivity index (χ1v) is 10.2. The zero-order valence-electron chi connectivity index (χ0n) is 17.2. The number of hydrogen-bond donors (Lipinski definition) is 0. The zero-order chi connectivity index (χ0) is 19.2. The Morgan fingerprint density at radius 2 is 1.85 bits per heavy atom. The van der Waals surface area contributed by atoms with E-state index in [1.54, 1.807) is 0 Å². The van der Waals surface area contributed by atoms with Crippen LogP contribution < -0.4 is 0 Å². The third-order valence-corrected chi connectivity index (χ3v) is 5.97. The summed E-state index contributed by atoms with van der Waals surface area (Å²) in [6, 6.07) is 10.7. The van der Waals surface area contributed by atoms with Crippen LogP contribution in [0.3, 0.4) is 0 Å². The van der Waals surface area contributed by atoms with Crippen LogP contribution in [0.4, 0.5) is 0 Å². The van der Waals surface area contributed by atoms with E-state index in [1.165, 1.54) is 0 Å². The molecule has 0 amide bonds. The highest BCUT2D eigenvalue weighted by atomic mass is 16.6. The summed E-state index contributed by atoms with van der Waals surface area (Å²) in [6.45, 7) is 16.1. The molecular formula is C22H36N2O2. The molecule has 0 N–H and O–H groups in total. The maximum Gasteiger partial charge on any atom is 0.306 e. The minimum atomic E-state index is -0.514. The number of ether oxygens (including phenoxy) is 1. The number of nitrogens with zero attached hydrogens (tertiary/aromatic N) is 2. The summed E-state index contributed by atoms with van der Waals surface area (Å²) in [5.41, 5.74) is 0.615. The van der Waals surface area contributed by atoms with Gasteiger partial charge in [-0.25, -0.2) is 0 Å². The second kappa shape index (κ2) is 9.52. The predicted octanol–water partition coefficient (Wildman–Crippen LogP) is 3.91. The van der Waals surface area contributed by atoms with Gasteiger partial charge in [0.05, 0.1) is 0 Å². The zero-order valence-corrected chi connectivity index (χ0v) is 17.2. The largest absolute Gasteiger partial charge is 0.454 e. The summed E-state index contributed by atoms with van der Waals surface area (Å²) in [7, 11) is 0. The minimum Gasteiger partial charge on any atom is -0.454 e. The fourth-order valence-corrected chi connectivity index (χ4v) is 4.17. The van der Waals surface area contributed by atoms with E-state index in [0.717, 1.165) is 44.7 Å². The Bertz CT molecular complexity index is 559. The van der Waals surface area contributed by atoms with Crippen molar-refractivity contribution in [2.75, 3.05) is 32.7 Å².